The number of nitrogens with one attached hydrogen (secondary N) is 1. The Morgan fingerprint density at radius 2 is 2.00 bits per heavy atom. The second-order valence-electron chi connectivity index (χ2n) is 4.40. The zero-order valence-corrected chi connectivity index (χ0v) is 12.2. The summed E-state index contributed by atoms with van der Waals surface area (Å²) in [7, 11) is 3.07. The minimum atomic E-state index is -0.231. The summed E-state index contributed by atoms with van der Waals surface area (Å²) in [5.41, 5.74) is 2.06. The van der Waals surface area contributed by atoms with Gasteiger partial charge in [0.15, 0.2) is 0 Å². The van der Waals surface area contributed by atoms with Crippen LogP contribution in [-0.2, 0) is 6.54 Å². The highest BCUT2D eigenvalue weighted by atomic mass is 16.5. The summed E-state index contributed by atoms with van der Waals surface area (Å²) >= 11 is 0. The summed E-state index contributed by atoms with van der Waals surface area (Å²) in [6, 6.07) is 6.87. The molecule has 0 aliphatic carbocycles. The number of aryl methyl sites for hydroxylation is 1. The molecule has 0 saturated heterocycles. The van der Waals surface area contributed by atoms with Gasteiger partial charge in [-0.1, -0.05) is 0 Å². The standard InChI is InChI=1S/C15H17N3O3/c1-10-6-11(18-9-17-10)8-16-15(19)13-5-4-12(20-2)7-14(13)21-3/h4-7,9H,8H2,1-3H3,(H,16,19). The smallest absolute Gasteiger partial charge is 0.255 e. The largest absolute Gasteiger partial charge is 0.497 e. The van der Waals surface area contributed by atoms with E-state index in [1.807, 2.05) is 13.0 Å². The Labute approximate surface area is 123 Å². The third-order valence-electron chi connectivity index (χ3n) is 2.94. The molecule has 110 valence electrons. The van der Waals surface area contributed by atoms with E-state index < -0.39 is 0 Å². The highest BCUT2D eigenvalue weighted by molar-refractivity contribution is 5.97. The normalized spacial score (nSPS) is 10.0. The molecule has 0 unspecified atom stereocenters. The van der Waals surface area contributed by atoms with Crippen molar-refractivity contribution < 1.29 is 14.3 Å². The molecular formula is C15H17N3O3. The van der Waals surface area contributed by atoms with Crippen molar-refractivity contribution in [3.8, 4) is 11.5 Å². The van der Waals surface area contributed by atoms with Crippen LogP contribution in [0.2, 0.25) is 0 Å². The minimum absolute atomic E-state index is 0.231. The molecule has 0 fully saturated rings. The second kappa shape index (κ2) is 6.69. The SMILES string of the molecule is COc1ccc(C(=O)NCc2cc(C)ncn2)c(OC)c1. The first kappa shape index (κ1) is 14.8. The zero-order valence-electron chi connectivity index (χ0n) is 12.2. The van der Waals surface area contributed by atoms with Gasteiger partial charge in [0.25, 0.3) is 5.91 Å². The number of hydrogen-bond acceptors (Lipinski definition) is 5. The van der Waals surface area contributed by atoms with E-state index in [0.717, 1.165) is 11.4 Å². The van der Waals surface area contributed by atoms with Gasteiger partial charge < -0.3 is 14.8 Å². The maximum Gasteiger partial charge on any atom is 0.255 e. The molecule has 1 N–H and O–H groups in total. The van der Waals surface area contributed by atoms with Crippen LogP contribution in [0.3, 0.4) is 0 Å². The summed E-state index contributed by atoms with van der Waals surface area (Å²) in [5, 5.41) is 2.80. The van der Waals surface area contributed by atoms with Gasteiger partial charge in [-0.15, -0.1) is 0 Å². The van der Waals surface area contributed by atoms with Crippen LogP contribution < -0.4 is 14.8 Å². The van der Waals surface area contributed by atoms with Gasteiger partial charge >= 0.3 is 0 Å². The lowest BCUT2D eigenvalue weighted by atomic mass is 10.1. The lowest BCUT2D eigenvalue weighted by molar-refractivity contribution is 0.0947. The van der Waals surface area contributed by atoms with E-state index in [1.54, 1.807) is 25.3 Å². The van der Waals surface area contributed by atoms with Gasteiger partial charge in [-0.05, 0) is 25.1 Å². The molecule has 1 aromatic carbocycles. The topological polar surface area (TPSA) is 73.3 Å². The molecule has 1 aromatic heterocycles. The van der Waals surface area contributed by atoms with Gasteiger partial charge in [-0.25, -0.2) is 9.97 Å². The number of nitrogens with zero attached hydrogens (tertiary/aromatic N) is 2. The molecule has 0 aliphatic heterocycles. The van der Waals surface area contributed by atoms with Crippen molar-refractivity contribution in [3.05, 3.63) is 47.5 Å². The summed E-state index contributed by atoms with van der Waals surface area (Å²) in [4.78, 5) is 20.3. The van der Waals surface area contributed by atoms with Crippen molar-refractivity contribution in [3.63, 3.8) is 0 Å². The van der Waals surface area contributed by atoms with E-state index in [9.17, 15) is 4.79 Å². The second-order valence-corrected chi connectivity index (χ2v) is 4.40. The van der Waals surface area contributed by atoms with E-state index in [0.29, 0.717) is 23.6 Å². The molecule has 0 spiro atoms. The monoisotopic (exact) mass is 287 g/mol. The molecule has 2 aromatic rings. The Morgan fingerprint density at radius 1 is 1.19 bits per heavy atom. The molecular weight excluding hydrogens is 270 g/mol. The summed E-state index contributed by atoms with van der Waals surface area (Å²) < 4.78 is 10.3. The molecule has 0 bridgehead atoms. The number of rotatable bonds is 5. The van der Waals surface area contributed by atoms with E-state index in [-0.39, 0.29) is 5.91 Å². The molecule has 1 heterocycles. The first-order valence-electron chi connectivity index (χ1n) is 6.41. The molecule has 0 radical (unpaired) electrons. The van der Waals surface area contributed by atoms with E-state index in [1.165, 1.54) is 13.4 Å². The van der Waals surface area contributed by atoms with Crippen LogP contribution >= 0.6 is 0 Å². The number of carbonyl (C=O) groups is 1. The summed E-state index contributed by atoms with van der Waals surface area (Å²) in [5.74, 6) is 0.867. The van der Waals surface area contributed by atoms with E-state index >= 15 is 0 Å². The van der Waals surface area contributed by atoms with Crippen LogP contribution in [-0.4, -0.2) is 30.1 Å². The average molecular weight is 287 g/mol. The number of ether oxygens (including phenoxy) is 2. The van der Waals surface area contributed by atoms with Gasteiger partial charge in [0.1, 0.15) is 17.8 Å². The van der Waals surface area contributed by atoms with Crippen LogP contribution in [0, 0.1) is 6.92 Å². The van der Waals surface area contributed by atoms with Gasteiger partial charge in [0.2, 0.25) is 0 Å². The first-order valence-corrected chi connectivity index (χ1v) is 6.41. The molecule has 1 amide bonds. The van der Waals surface area contributed by atoms with Crippen molar-refractivity contribution in [2.45, 2.75) is 13.5 Å². The molecule has 6 nitrogen and oxygen atoms in total. The lowest BCUT2D eigenvalue weighted by Crippen LogP contribution is -2.24. The van der Waals surface area contributed by atoms with Crippen LogP contribution in [0.1, 0.15) is 21.7 Å². The lowest BCUT2D eigenvalue weighted by Gasteiger charge is -2.10. The fourth-order valence-electron chi connectivity index (χ4n) is 1.86. The third kappa shape index (κ3) is 3.68. The van der Waals surface area contributed by atoms with Crippen molar-refractivity contribution in [1.29, 1.82) is 0 Å². The molecule has 2 rings (SSSR count). The van der Waals surface area contributed by atoms with E-state index in [4.69, 9.17) is 9.47 Å². The van der Waals surface area contributed by atoms with Gasteiger partial charge in [0, 0.05) is 11.8 Å². The van der Waals surface area contributed by atoms with Crippen LogP contribution in [0.4, 0.5) is 0 Å². The molecule has 21 heavy (non-hydrogen) atoms. The molecule has 0 saturated carbocycles. The van der Waals surface area contributed by atoms with Gasteiger partial charge in [-0.3, -0.25) is 4.79 Å². The van der Waals surface area contributed by atoms with E-state index in [2.05, 4.69) is 15.3 Å². The van der Waals surface area contributed by atoms with Crippen LogP contribution in [0.5, 0.6) is 11.5 Å². The molecule has 0 aliphatic rings. The number of amides is 1. The number of aromatic nitrogens is 2. The average Bonchev–Trinajstić information content (AvgIpc) is 2.52. The van der Waals surface area contributed by atoms with Gasteiger partial charge in [0.05, 0.1) is 32.0 Å². The first-order chi connectivity index (χ1) is 10.1. The molecule has 6 heteroatoms. The fraction of sp³-hybridized carbons (Fsp3) is 0.267. The van der Waals surface area contributed by atoms with Crippen LogP contribution in [0.15, 0.2) is 30.6 Å². The number of hydrogen-bond donors (Lipinski definition) is 1. The summed E-state index contributed by atoms with van der Waals surface area (Å²) in [6.45, 7) is 2.21. The Hall–Kier alpha value is -2.63. The third-order valence-corrected chi connectivity index (χ3v) is 2.94. The predicted octanol–water partition coefficient (Wildman–Crippen LogP) is 1.73. The fourth-order valence-corrected chi connectivity index (χ4v) is 1.86. The summed E-state index contributed by atoms with van der Waals surface area (Å²) in [6.07, 6.45) is 1.48. The van der Waals surface area contributed by atoms with Crippen LogP contribution in [0.25, 0.3) is 0 Å². The quantitative estimate of drug-likeness (QED) is 0.906. The Kier molecular flexibility index (Phi) is 4.71. The predicted molar refractivity (Wildman–Crippen MR) is 77.5 cm³/mol. The van der Waals surface area contributed by atoms with Crippen molar-refractivity contribution in [2.75, 3.05) is 14.2 Å². The minimum Gasteiger partial charge on any atom is -0.497 e. The van der Waals surface area contributed by atoms with Crippen molar-refractivity contribution in [1.82, 2.24) is 15.3 Å². The maximum atomic E-state index is 12.2. The zero-order chi connectivity index (χ0) is 15.2. The highest BCUT2D eigenvalue weighted by Crippen LogP contribution is 2.24. The van der Waals surface area contributed by atoms with Crippen molar-refractivity contribution >= 4 is 5.91 Å². The Balaban J connectivity index is 2.10. The Bertz CT molecular complexity index is 644. The maximum absolute atomic E-state index is 12.2. The highest BCUT2D eigenvalue weighted by Gasteiger charge is 2.13. The van der Waals surface area contributed by atoms with Crippen molar-refractivity contribution in [2.24, 2.45) is 0 Å². The molecule has 0 atom stereocenters. The number of methoxy groups -OCH3 is 2. The number of benzene rings is 1. The number of carbonyl (C=O) groups excluding carboxylic acids is 1. The van der Waals surface area contributed by atoms with Gasteiger partial charge in [-0.2, -0.15) is 0 Å². The Morgan fingerprint density at radius 3 is 2.67 bits per heavy atom.